The smallest absolute Gasteiger partial charge is 0.135 e. The van der Waals surface area contributed by atoms with Gasteiger partial charge in [0, 0.05) is 6.04 Å². The van der Waals surface area contributed by atoms with Crippen molar-refractivity contribution in [2.24, 2.45) is 0 Å². The van der Waals surface area contributed by atoms with Gasteiger partial charge in [0.2, 0.25) is 0 Å². The summed E-state index contributed by atoms with van der Waals surface area (Å²) in [6.45, 7) is 15.3. The molecule has 0 radical (unpaired) electrons. The first-order valence-electron chi connectivity index (χ1n) is 5.41. The lowest BCUT2D eigenvalue weighted by Gasteiger charge is -2.40. The summed E-state index contributed by atoms with van der Waals surface area (Å²) in [4.78, 5) is 2.59. The van der Waals surface area contributed by atoms with Crippen molar-refractivity contribution in [1.82, 2.24) is 4.90 Å². The van der Waals surface area contributed by atoms with Gasteiger partial charge in [-0.25, -0.2) is 4.90 Å². The summed E-state index contributed by atoms with van der Waals surface area (Å²) in [7, 11) is 2.38. The molecule has 1 rings (SSSR count). The molecule has 0 aliphatic carbocycles. The standard InChI is InChI=1S/C11H25N2/c1-7-13(6)9-12(10(2)3)8-11(13,4)5/h10H,7-9H2,1-6H3/q+1/t13-/m0/s1. The van der Waals surface area contributed by atoms with Crippen molar-refractivity contribution in [1.29, 1.82) is 0 Å². The highest BCUT2D eigenvalue weighted by molar-refractivity contribution is 4.82. The van der Waals surface area contributed by atoms with Crippen molar-refractivity contribution < 1.29 is 4.48 Å². The van der Waals surface area contributed by atoms with Crippen molar-refractivity contribution in [2.75, 3.05) is 26.8 Å². The number of nitrogens with zero attached hydrogens (tertiary/aromatic N) is 2. The summed E-state index contributed by atoms with van der Waals surface area (Å²) < 4.78 is 1.19. The van der Waals surface area contributed by atoms with Gasteiger partial charge < -0.3 is 4.48 Å². The maximum atomic E-state index is 2.59. The summed E-state index contributed by atoms with van der Waals surface area (Å²) in [6, 6.07) is 0.686. The normalized spacial score (nSPS) is 34.4. The van der Waals surface area contributed by atoms with E-state index in [0.29, 0.717) is 11.6 Å². The first-order chi connectivity index (χ1) is 5.82. The van der Waals surface area contributed by atoms with Crippen LogP contribution in [0.2, 0.25) is 0 Å². The summed E-state index contributed by atoms with van der Waals surface area (Å²) in [6.07, 6.45) is 0. The van der Waals surface area contributed by atoms with Crippen LogP contribution in [0.1, 0.15) is 34.6 Å². The number of hydrogen-bond acceptors (Lipinski definition) is 1. The maximum Gasteiger partial charge on any atom is 0.135 e. The van der Waals surface area contributed by atoms with E-state index >= 15 is 0 Å². The van der Waals surface area contributed by atoms with Crippen LogP contribution in [-0.2, 0) is 0 Å². The topological polar surface area (TPSA) is 3.24 Å². The fourth-order valence-electron chi connectivity index (χ4n) is 2.18. The van der Waals surface area contributed by atoms with E-state index in [1.54, 1.807) is 0 Å². The lowest BCUT2D eigenvalue weighted by atomic mass is 10.0. The Labute approximate surface area is 83.1 Å². The fraction of sp³-hybridized carbons (Fsp3) is 1.00. The summed E-state index contributed by atoms with van der Waals surface area (Å²) >= 11 is 0. The minimum Gasteiger partial charge on any atom is -0.308 e. The average Bonchev–Trinajstić information content (AvgIpc) is 2.24. The van der Waals surface area contributed by atoms with Crippen molar-refractivity contribution in [3.8, 4) is 0 Å². The number of hydrogen-bond donors (Lipinski definition) is 0. The molecule has 2 nitrogen and oxygen atoms in total. The zero-order valence-corrected chi connectivity index (χ0v) is 10.1. The van der Waals surface area contributed by atoms with Gasteiger partial charge in [0.05, 0.1) is 20.1 Å². The molecule has 0 spiro atoms. The van der Waals surface area contributed by atoms with Gasteiger partial charge in [0.1, 0.15) is 12.2 Å². The summed E-state index contributed by atoms with van der Waals surface area (Å²) in [5, 5.41) is 0. The monoisotopic (exact) mass is 185 g/mol. The van der Waals surface area contributed by atoms with Crippen LogP contribution in [0.3, 0.4) is 0 Å². The Kier molecular flexibility index (Phi) is 2.75. The van der Waals surface area contributed by atoms with E-state index in [1.807, 2.05) is 0 Å². The van der Waals surface area contributed by atoms with E-state index in [9.17, 15) is 0 Å². The van der Waals surface area contributed by atoms with Crippen LogP contribution in [0.25, 0.3) is 0 Å². The Morgan fingerprint density at radius 3 is 2.15 bits per heavy atom. The van der Waals surface area contributed by atoms with E-state index in [1.165, 1.54) is 24.2 Å². The molecule has 78 valence electrons. The molecule has 0 aromatic carbocycles. The number of likely N-dealkylation sites (N-methyl/N-ethyl adjacent to an activating group) is 1. The predicted molar refractivity (Wildman–Crippen MR) is 57.5 cm³/mol. The predicted octanol–water partition coefficient (Wildman–Crippen LogP) is 1.91. The molecule has 2 heteroatoms. The lowest BCUT2D eigenvalue weighted by molar-refractivity contribution is -0.943. The molecule has 0 aromatic heterocycles. The van der Waals surface area contributed by atoms with Crippen LogP contribution in [-0.4, -0.2) is 47.8 Å². The molecule has 0 N–H and O–H groups in total. The van der Waals surface area contributed by atoms with Crippen LogP contribution in [0.5, 0.6) is 0 Å². The quantitative estimate of drug-likeness (QED) is 0.594. The second-order valence-corrected chi connectivity index (χ2v) is 5.51. The SMILES string of the molecule is CC[N@@+]1(C)CN(C(C)C)CC1(C)C. The third-order valence-electron chi connectivity index (χ3n) is 3.97. The van der Waals surface area contributed by atoms with Crippen molar-refractivity contribution in [3.05, 3.63) is 0 Å². The number of quaternary nitrogens is 1. The van der Waals surface area contributed by atoms with Gasteiger partial charge in [-0.2, -0.15) is 0 Å². The molecule has 1 fully saturated rings. The molecule has 1 heterocycles. The first kappa shape index (κ1) is 11.0. The summed E-state index contributed by atoms with van der Waals surface area (Å²) in [5.41, 5.74) is 0.416. The van der Waals surface area contributed by atoms with Gasteiger partial charge in [-0.3, -0.25) is 0 Å². The fourth-order valence-corrected chi connectivity index (χ4v) is 2.18. The van der Waals surface area contributed by atoms with Gasteiger partial charge in [-0.05, 0) is 34.6 Å². The van der Waals surface area contributed by atoms with Crippen LogP contribution in [0.15, 0.2) is 0 Å². The maximum absolute atomic E-state index is 2.59. The van der Waals surface area contributed by atoms with E-state index < -0.39 is 0 Å². The molecular formula is C11H25N2+. The van der Waals surface area contributed by atoms with Crippen LogP contribution < -0.4 is 0 Å². The Morgan fingerprint density at radius 2 is 1.92 bits per heavy atom. The Morgan fingerprint density at radius 1 is 1.38 bits per heavy atom. The van der Waals surface area contributed by atoms with Gasteiger partial charge in [-0.15, -0.1) is 0 Å². The third kappa shape index (κ3) is 1.75. The molecular weight excluding hydrogens is 160 g/mol. The van der Waals surface area contributed by atoms with Crippen LogP contribution in [0.4, 0.5) is 0 Å². The Hall–Kier alpha value is -0.0800. The third-order valence-corrected chi connectivity index (χ3v) is 3.97. The highest BCUT2D eigenvalue weighted by atomic mass is 15.5. The van der Waals surface area contributed by atoms with Gasteiger partial charge >= 0.3 is 0 Å². The molecule has 1 atom stereocenters. The van der Waals surface area contributed by atoms with Gasteiger partial charge in [0.25, 0.3) is 0 Å². The average molecular weight is 185 g/mol. The Balaban J connectivity index is 2.79. The molecule has 0 aromatic rings. The minimum atomic E-state index is 0.416. The van der Waals surface area contributed by atoms with Gasteiger partial charge in [0.15, 0.2) is 0 Å². The second-order valence-electron chi connectivity index (χ2n) is 5.51. The van der Waals surface area contributed by atoms with Crippen LogP contribution in [0, 0.1) is 0 Å². The van der Waals surface area contributed by atoms with E-state index in [-0.39, 0.29) is 0 Å². The molecule has 1 saturated heterocycles. The van der Waals surface area contributed by atoms with Crippen molar-refractivity contribution >= 4 is 0 Å². The largest absolute Gasteiger partial charge is 0.308 e. The second kappa shape index (κ2) is 3.25. The first-order valence-corrected chi connectivity index (χ1v) is 5.41. The molecule has 13 heavy (non-hydrogen) atoms. The molecule has 1 aliphatic heterocycles. The van der Waals surface area contributed by atoms with Crippen molar-refractivity contribution in [3.63, 3.8) is 0 Å². The van der Waals surface area contributed by atoms with E-state index in [2.05, 4.69) is 46.6 Å². The van der Waals surface area contributed by atoms with Crippen molar-refractivity contribution in [2.45, 2.75) is 46.2 Å². The molecule has 0 bridgehead atoms. The highest BCUT2D eigenvalue weighted by Crippen LogP contribution is 2.31. The minimum absolute atomic E-state index is 0.416. The zero-order chi connectivity index (χ0) is 10.3. The number of rotatable bonds is 2. The van der Waals surface area contributed by atoms with Crippen LogP contribution >= 0.6 is 0 Å². The zero-order valence-electron chi connectivity index (χ0n) is 10.1. The summed E-state index contributed by atoms with van der Waals surface area (Å²) in [5.74, 6) is 0. The molecule has 0 saturated carbocycles. The van der Waals surface area contributed by atoms with Gasteiger partial charge in [-0.1, -0.05) is 0 Å². The Bertz CT molecular complexity index is 187. The van der Waals surface area contributed by atoms with E-state index in [0.717, 1.165) is 0 Å². The molecule has 0 amide bonds. The molecule has 1 aliphatic rings. The van der Waals surface area contributed by atoms with E-state index in [4.69, 9.17) is 0 Å². The lowest BCUT2D eigenvalue weighted by Crippen LogP contribution is -2.55. The highest BCUT2D eigenvalue weighted by Gasteiger charge is 2.48. The molecule has 0 unspecified atom stereocenters.